The zero-order chi connectivity index (χ0) is 14.5. The number of benzene rings is 1. The van der Waals surface area contributed by atoms with Crippen LogP contribution >= 0.6 is 0 Å². The largest absolute Gasteiger partial charge is 0.370 e. The summed E-state index contributed by atoms with van der Waals surface area (Å²) in [7, 11) is 0. The molecular weight excluding hydrogens is 260 g/mol. The van der Waals surface area contributed by atoms with Crippen molar-refractivity contribution in [3.8, 4) is 11.1 Å². The van der Waals surface area contributed by atoms with Gasteiger partial charge in [-0.1, -0.05) is 36.4 Å². The van der Waals surface area contributed by atoms with E-state index >= 15 is 0 Å². The monoisotopic (exact) mass is 278 g/mol. The molecule has 2 aromatic heterocycles. The molecule has 2 heterocycles. The molecule has 1 aromatic carbocycles. The van der Waals surface area contributed by atoms with Gasteiger partial charge in [0.1, 0.15) is 5.82 Å². The van der Waals surface area contributed by atoms with Crippen LogP contribution in [0, 0.1) is 0 Å². The van der Waals surface area contributed by atoms with Gasteiger partial charge in [-0.15, -0.1) is 0 Å². The molecule has 3 rings (SSSR count). The topological polar surface area (TPSA) is 42.7 Å². The van der Waals surface area contributed by atoms with Crippen molar-refractivity contribution in [2.24, 2.45) is 0 Å². The molecule has 0 aliphatic heterocycles. The fraction of sp³-hybridized carbons (Fsp3) is 0.176. The van der Waals surface area contributed by atoms with Crippen molar-refractivity contribution in [3.05, 3.63) is 66.6 Å². The van der Waals surface area contributed by atoms with E-state index in [2.05, 4.69) is 46.7 Å². The second kappa shape index (κ2) is 6.22. The smallest absolute Gasteiger partial charge is 0.125 e. The van der Waals surface area contributed by atoms with Crippen LogP contribution in [0.15, 0.2) is 61.1 Å². The molecule has 3 aromatic rings. The Hall–Kier alpha value is -2.62. The van der Waals surface area contributed by atoms with Crippen molar-refractivity contribution < 1.29 is 0 Å². The van der Waals surface area contributed by atoms with Crippen molar-refractivity contribution in [1.82, 2.24) is 14.8 Å². The first-order valence-corrected chi connectivity index (χ1v) is 7.12. The molecule has 1 N–H and O–H groups in total. The van der Waals surface area contributed by atoms with Crippen LogP contribution in [-0.4, -0.2) is 21.3 Å². The summed E-state index contributed by atoms with van der Waals surface area (Å²) in [5, 5.41) is 7.61. The van der Waals surface area contributed by atoms with Crippen molar-refractivity contribution in [3.63, 3.8) is 0 Å². The minimum absolute atomic E-state index is 0.728. The van der Waals surface area contributed by atoms with Gasteiger partial charge in [0.15, 0.2) is 0 Å². The van der Waals surface area contributed by atoms with Crippen molar-refractivity contribution in [1.29, 1.82) is 0 Å². The van der Waals surface area contributed by atoms with Crippen LogP contribution in [0.3, 0.4) is 0 Å². The molecule has 0 bridgehead atoms. The standard InChI is InChI=1S/C17H18N4/c1-2-18-17-9-8-14(10-19-17)12-21-13-16(11-20-21)15-6-4-3-5-7-15/h3-11,13H,2,12H2,1H3,(H,18,19). The SMILES string of the molecule is CCNc1ccc(Cn2cc(-c3ccccc3)cn2)cn1. The van der Waals surface area contributed by atoms with E-state index in [0.29, 0.717) is 0 Å². The molecule has 0 atom stereocenters. The summed E-state index contributed by atoms with van der Waals surface area (Å²) >= 11 is 0. The zero-order valence-corrected chi connectivity index (χ0v) is 12.0. The lowest BCUT2D eigenvalue weighted by molar-refractivity contribution is 0.685. The Labute approximate surface area is 124 Å². The van der Waals surface area contributed by atoms with Crippen LogP contribution < -0.4 is 5.32 Å². The molecule has 0 amide bonds. The number of nitrogens with one attached hydrogen (secondary N) is 1. The van der Waals surface area contributed by atoms with Gasteiger partial charge in [-0.3, -0.25) is 4.68 Å². The minimum Gasteiger partial charge on any atom is -0.370 e. The molecule has 4 heteroatoms. The summed E-state index contributed by atoms with van der Waals surface area (Å²) < 4.78 is 1.94. The molecule has 0 radical (unpaired) electrons. The van der Waals surface area contributed by atoms with Gasteiger partial charge in [0.05, 0.1) is 12.7 Å². The van der Waals surface area contributed by atoms with Gasteiger partial charge in [-0.05, 0) is 24.1 Å². The van der Waals surface area contributed by atoms with Crippen LogP contribution in [0.2, 0.25) is 0 Å². The maximum absolute atomic E-state index is 4.42. The first-order valence-electron chi connectivity index (χ1n) is 7.12. The van der Waals surface area contributed by atoms with E-state index in [9.17, 15) is 0 Å². The van der Waals surface area contributed by atoms with Gasteiger partial charge in [-0.25, -0.2) is 4.98 Å². The Morgan fingerprint density at radius 3 is 2.57 bits per heavy atom. The van der Waals surface area contributed by atoms with Crippen LogP contribution in [0.4, 0.5) is 5.82 Å². The quantitative estimate of drug-likeness (QED) is 0.777. The fourth-order valence-electron chi connectivity index (χ4n) is 2.22. The molecule has 0 saturated carbocycles. The molecule has 0 aliphatic rings. The average molecular weight is 278 g/mol. The molecule has 106 valence electrons. The highest BCUT2D eigenvalue weighted by Crippen LogP contribution is 2.18. The number of hydrogen-bond acceptors (Lipinski definition) is 3. The third-order valence-corrected chi connectivity index (χ3v) is 3.27. The molecule has 0 spiro atoms. The average Bonchev–Trinajstić information content (AvgIpc) is 2.99. The zero-order valence-electron chi connectivity index (χ0n) is 12.0. The van der Waals surface area contributed by atoms with E-state index in [-0.39, 0.29) is 0 Å². The number of nitrogens with zero attached hydrogens (tertiary/aromatic N) is 3. The third kappa shape index (κ3) is 3.28. The second-order valence-corrected chi connectivity index (χ2v) is 4.87. The summed E-state index contributed by atoms with van der Waals surface area (Å²) in [4.78, 5) is 4.38. The maximum atomic E-state index is 4.42. The predicted molar refractivity (Wildman–Crippen MR) is 85.2 cm³/mol. The summed E-state index contributed by atoms with van der Waals surface area (Å²) in [6.45, 7) is 3.67. The highest BCUT2D eigenvalue weighted by Gasteiger charge is 2.02. The Kier molecular flexibility index (Phi) is 3.96. The van der Waals surface area contributed by atoms with Gasteiger partial charge in [0.2, 0.25) is 0 Å². The van der Waals surface area contributed by atoms with Crippen molar-refractivity contribution in [2.45, 2.75) is 13.5 Å². The van der Waals surface area contributed by atoms with E-state index < -0.39 is 0 Å². The van der Waals surface area contributed by atoms with Gasteiger partial charge >= 0.3 is 0 Å². The predicted octanol–water partition coefficient (Wildman–Crippen LogP) is 3.43. The molecule has 0 aliphatic carbocycles. The second-order valence-electron chi connectivity index (χ2n) is 4.87. The molecule has 0 saturated heterocycles. The maximum Gasteiger partial charge on any atom is 0.125 e. The van der Waals surface area contributed by atoms with E-state index in [1.54, 1.807) is 0 Å². The van der Waals surface area contributed by atoms with Crippen molar-refractivity contribution >= 4 is 5.82 Å². The Balaban J connectivity index is 1.72. The Morgan fingerprint density at radius 1 is 1.00 bits per heavy atom. The lowest BCUT2D eigenvalue weighted by Gasteiger charge is -2.04. The molecule has 4 nitrogen and oxygen atoms in total. The van der Waals surface area contributed by atoms with Crippen LogP contribution in [0.25, 0.3) is 11.1 Å². The van der Waals surface area contributed by atoms with E-state index in [0.717, 1.165) is 30.0 Å². The van der Waals surface area contributed by atoms with Gasteiger partial charge < -0.3 is 5.32 Å². The number of rotatable bonds is 5. The van der Waals surface area contributed by atoms with Crippen LogP contribution in [-0.2, 0) is 6.54 Å². The molecule has 21 heavy (non-hydrogen) atoms. The Morgan fingerprint density at radius 2 is 1.86 bits per heavy atom. The number of hydrogen-bond donors (Lipinski definition) is 1. The first kappa shape index (κ1) is 13.4. The van der Waals surface area contributed by atoms with Gasteiger partial charge in [0.25, 0.3) is 0 Å². The van der Waals surface area contributed by atoms with E-state index in [4.69, 9.17) is 0 Å². The van der Waals surface area contributed by atoms with Crippen molar-refractivity contribution in [2.75, 3.05) is 11.9 Å². The van der Waals surface area contributed by atoms with E-state index in [1.165, 1.54) is 5.56 Å². The van der Waals surface area contributed by atoms with Crippen LogP contribution in [0.5, 0.6) is 0 Å². The summed E-state index contributed by atoms with van der Waals surface area (Å²) in [5.41, 5.74) is 3.46. The molecule has 0 fully saturated rings. The lowest BCUT2D eigenvalue weighted by atomic mass is 10.1. The van der Waals surface area contributed by atoms with Crippen LogP contribution in [0.1, 0.15) is 12.5 Å². The molecular formula is C17H18N4. The highest BCUT2D eigenvalue weighted by molar-refractivity contribution is 5.61. The number of anilines is 1. The first-order chi connectivity index (χ1) is 10.3. The number of aromatic nitrogens is 3. The van der Waals surface area contributed by atoms with E-state index in [1.807, 2.05) is 41.3 Å². The summed E-state index contributed by atoms with van der Waals surface area (Å²) in [6.07, 6.45) is 5.85. The summed E-state index contributed by atoms with van der Waals surface area (Å²) in [6, 6.07) is 14.4. The fourth-order valence-corrected chi connectivity index (χ4v) is 2.22. The summed E-state index contributed by atoms with van der Waals surface area (Å²) in [5.74, 6) is 0.909. The normalized spacial score (nSPS) is 10.5. The van der Waals surface area contributed by atoms with Gasteiger partial charge in [0, 0.05) is 24.5 Å². The molecule has 0 unspecified atom stereocenters. The third-order valence-electron chi connectivity index (χ3n) is 3.27. The highest BCUT2D eigenvalue weighted by atomic mass is 15.3. The van der Waals surface area contributed by atoms with Gasteiger partial charge in [-0.2, -0.15) is 5.10 Å². The number of pyridine rings is 1. The minimum atomic E-state index is 0.728. The Bertz CT molecular complexity index is 686. The lowest BCUT2D eigenvalue weighted by Crippen LogP contribution is -2.02.